The van der Waals surface area contributed by atoms with Crippen LogP contribution >= 0.6 is 0 Å². The number of likely N-dealkylation sites (N-methyl/N-ethyl adjacent to an activating group) is 1. The number of nitriles is 1. The van der Waals surface area contributed by atoms with Crippen molar-refractivity contribution in [1.29, 1.82) is 5.26 Å². The quantitative estimate of drug-likeness (QED) is 0.795. The van der Waals surface area contributed by atoms with E-state index in [1.54, 1.807) is 12.1 Å². The first-order valence-electron chi connectivity index (χ1n) is 6.28. The van der Waals surface area contributed by atoms with Crippen LogP contribution < -0.4 is 11.1 Å². The smallest absolute Gasteiger partial charge is 0.0992 e. The summed E-state index contributed by atoms with van der Waals surface area (Å²) >= 11 is 0. The van der Waals surface area contributed by atoms with Gasteiger partial charge in [0.25, 0.3) is 0 Å². The van der Waals surface area contributed by atoms with Gasteiger partial charge < -0.3 is 16.0 Å². The highest BCUT2D eigenvalue weighted by molar-refractivity contribution is 5.68. The van der Waals surface area contributed by atoms with E-state index in [1.807, 2.05) is 6.07 Å². The van der Waals surface area contributed by atoms with Crippen molar-refractivity contribution in [1.82, 2.24) is 4.90 Å². The minimum atomic E-state index is 0.264. The molecule has 3 N–H and O–H groups in total. The van der Waals surface area contributed by atoms with Gasteiger partial charge in [0.15, 0.2) is 0 Å². The van der Waals surface area contributed by atoms with Crippen LogP contribution in [0.3, 0.4) is 0 Å². The van der Waals surface area contributed by atoms with E-state index < -0.39 is 0 Å². The molecule has 4 nitrogen and oxygen atoms in total. The van der Waals surface area contributed by atoms with Crippen molar-refractivity contribution < 1.29 is 0 Å². The molecule has 1 saturated carbocycles. The second-order valence-electron chi connectivity index (χ2n) is 5.24. The first-order chi connectivity index (χ1) is 8.57. The van der Waals surface area contributed by atoms with E-state index in [9.17, 15) is 0 Å². The highest BCUT2D eigenvalue weighted by Crippen LogP contribution is 2.36. The third-order valence-corrected chi connectivity index (χ3v) is 4.02. The molecule has 1 fully saturated rings. The molecule has 1 aliphatic rings. The summed E-state index contributed by atoms with van der Waals surface area (Å²) in [5.41, 5.74) is 8.36. The molecule has 1 aromatic carbocycles. The Hall–Kier alpha value is -1.73. The van der Waals surface area contributed by atoms with Crippen molar-refractivity contribution in [3.8, 4) is 6.07 Å². The number of nitrogens with two attached hydrogens (primary N) is 1. The lowest BCUT2D eigenvalue weighted by molar-refractivity contribution is 0.0739. The lowest BCUT2D eigenvalue weighted by Gasteiger charge is -2.47. The summed E-state index contributed by atoms with van der Waals surface area (Å²) in [6.07, 6.45) is 3.75. The second kappa shape index (κ2) is 4.87. The van der Waals surface area contributed by atoms with Crippen LogP contribution in [0.25, 0.3) is 0 Å². The molecule has 96 valence electrons. The number of nitrogen functional groups attached to an aromatic ring is 1. The van der Waals surface area contributed by atoms with E-state index in [4.69, 9.17) is 11.0 Å². The first-order valence-corrected chi connectivity index (χ1v) is 6.28. The molecule has 4 heteroatoms. The average Bonchev–Trinajstić information content (AvgIpc) is 2.28. The van der Waals surface area contributed by atoms with Crippen LogP contribution in [-0.2, 0) is 0 Å². The van der Waals surface area contributed by atoms with Gasteiger partial charge in [0.1, 0.15) is 0 Å². The molecule has 0 spiro atoms. The number of hydrogen-bond donors (Lipinski definition) is 2. The van der Waals surface area contributed by atoms with Crippen LogP contribution in [0.5, 0.6) is 0 Å². The molecule has 0 atom stereocenters. The Balaban J connectivity index is 2.04. The van der Waals surface area contributed by atoms with Gasteiger partial charge in [0.2, 0.25) is 0 Å². The van der Waals surface area contributed by atoms with Crippen molar-refractivity contribution in [3.63, 3.8) is 0 Å². The molecule has 0 aromatic heterocycles. The predicted octanol–water partition coefficient (Wildman–Crippen LogP) is 2.04. The van der Waals surface area contributed by atoms with E-state index in [1.165, 1.54) is 19.3 Å². The molecule has 2 rings (SSSR count). The van der Waals surface area contributed by atoms with Crippen LogP contribution in [0.2, 0.25) is 0 Å². The molecule has 0 unspecified atom stereocenters. The van der Waals surface area contributed by atoms with Gasteiger partial charge in [-0.3, -0.25) is 0 Å². The van der Waals surface area contributed by atoms with Gasteiger partial charge >= 0.3 is 0 Å². The first kappa shape index (κ1) is 12.7. The fourth-order valence-electron chi connectivity index (χ4n) is 2.42. The molecule has 18 heavy (non-hydrogen) atoms. The third kappa shape index (κ3) is 2.27. The Labute approximate surface area is 108 Å². The monoisotopic (exact) mass is 244 g/mol. The van der Waals surface area contributed by atoms with Crippen LogP contribution in [0.1, 0.15) is 24.8 Å². The molecular weight excluding hydrogens is 224 g/mol. The molecule has 0 heterocycles. The van der Waals surface area contributed by atoms with Gasteiger partial charge in [-0.05, 0) is 51.6 Å². The number of anilines is 2. The van der Waals surface area contributed by atoms with Crippen molar-refractivity contribution in [2.75, 3.05) is 31.7 Å². The Morgan fingerprint density at radius 3 is 2.61 bits per heavy atom. The lowest BCUT2D eigenvalue weighted by atomic mass is 9.75. The van der Waals surface area contributed by atoms with E-state index in [-0.39, 0.29) is 5.54 Å². The summed E-state index contributed by atoms with van der Waals surface area (Å²) in [5.74, 6) is 0. The standard InChI is InChI=1S/C14H20N4/c1-18(2)14(6-3-7-14)10-17-13-5-4-11(9-15)8-12(13)16/h4-5,8,17H,3,6-7,10,16H2,1-2H3. The summed E-state index contributed by atoms with van der Waals surface area (Å²) in [5, 5.41) is 12.2. The van der Waals surface area contributed by atoms with Gasteiger partial charge in [-0.15, -0.1) is 0 Å². The number of nitrogens with zero attached hydrogens (tertiary/aromatic N) is 2. The summed E-state index contributed by atoms with van der Waals surface area (Å²) in [6, 6.07) is 7.48. The topological polar surface area (TPSA) is 65.1 Å². The molecule has 0 saturated heterocycles. The van der Waals surface area contributed by atoms with Crippen LogP contribution in [0.15, 0.2) is 18.2 Å². The highest BCUT2D eigenvalue weighted by atomic mass is 15.2. The largest absolute Gasteiger partial charge is 0.397 e. The minimum absolute atomic E-state index is 0.264. The van der Waals surface area contributed by atoms with Gasteiger partial charge in [-0.2, -0.15) is 5.26 Å². The fraction of sp³-hybridized carbons (Fsp3) is 0.500. The number of hydrogen-bond acceptors (Lipinski definition) is 4. The zero-order chi connectivity index (χ0) is 13.2. The summed E-state index contributed by atoms with van der Waals surface area (Å²) in [4.78, 5) is 2.29. The Bertz CT molecular complexity index is 469. The van der Waals surface area contributed by atoms with Crippen molar-refractivity contribution in [2.24, 2.45) is 0 Å². The number of rotatable bonds is 4. The molecule has 0 radical (unpaired) electrons. The minimum Gasteiger partial charge on any atom is -0.397 e. The lowest BCUT2D eigenvalue weighted by Crippen LogP contribution is -2.54. The molecular formula is C14H20N4. The molecule has 0 bridgehead atoms. The predicted molar refractivity (Wildman–Crippen MR) is 74.3 cm³/mol. The second-order valence-corrected chi connectivity index (χ2v) is 5.24. The Morgan fingerprint density at radius 1 is 1.44 bits per heavy atom. The van der Waals surface area contributed by atoms with Crippen molar-refractivity contribution >= 4 is 11.4 Å². The fourth-order valence-corrected chi connectivity index (χ4v) is 2.42. The van der Waals surface area contributed by atoms with Crippen LogP contribution in [-0.4, -0.2) is 31.1 Å². The Kier molecular flexibility index (Phi) is 3.44. The van der Waals surface area contributed by atoms with Crippen LogP contribution in [0.4, 0.5) is 11.4 Å². The molecule has 0 aliphatic heterocycles. The average molecular weight is 244 g/mol. The van der Waals surface area contributed by atoms with Crippen LogP contribution in [0, 0.1) is 11.3 Å². The molecule has 0 amide bonds. The third-order valence-electron chi connectivity index (χ3n) is 4.02. The molecule has 1 aromatic rings. The number of benzene rings is 1. The maximum atomic E-state index is 8.80. The SMILES string of the molecule is CN(C)C1(CNc2ccc(C#N)cc2N)CCC1. The maximum absolute atomic E-state index is 8.80. The van der Waals surface area contributed by atoms with E-state index in [2.05, 4.69) is 30.4 Å². The Morgan fingerprint density at radius 2 is 2.17 bits per heavy atom. The van der Waals surface area contributed by atoms with Gasteiger partial charge in [0.05, 0.1) is 23.0 Å². The van der Waals surface area contributed by atoms with Crippen molar-refractivity contribution in [2.45, 2.75) is 24.8 Å². The maximum Gasteiger partial charge on any atom is 0.0992 e. The zero-order valence-corrected chi connectivity index (χ0v) is 11.0. The summed E-state index contributed by atoms with van der Waals surface area (Å²) in [7, 11) is 4.26. The number of nitrogens with one attached hydrogen (secondary N) is 1. The summed E-state index contributed by atoms with van der Waals surface area (Å²) in [6.45, 7) is 0.899. The zero-order valence-electron chi connectivity index (χ0n) is 11.0. The van der Waals surface area contributed by atoms with Crippen molar-refractivity contribution in [3.05, 3.63) is 23.8 Å². The van der Waals surface area contributed by atoms with Gasteiger partial charge in [-0.1, -0.05) is 0 Å². The van der Waals surface area contributed by atoms with E-state index >= 15 is 0 Å². The summed E-state index contributed by atoms with van der Waals surface area (Å²) < 4.78 is 0. The molecule has 1 aliphatic carbocycles. The highest BCUT2D eigenvalue weighted by Gasteiger charge is 2.38. The van der Waals surface area contributed by atoms with Gasteiger partial charge in [-0.25, -0.2) is 0 Å². The van der Waals surface area contributed by atoms with E-state index in [0.29, 0.717) is 11.3 Å². The van der Waals surface area contributed by atoms with Gasteiger partial charge in [0, 0.05) is 12.1 Å². The van der Waals surface area contributed by atoms with E-state index in [0.717, 1.165) is 12.2 Å². The normalized spacial score (nSPS) is 17.0.